The summed E-state index contributed by atoms with van der Waals surface area (Å²) in [7, 11) is 3.27. The number of benzene rings is 1. The van der Waals surface area contributed by atoms with E-state index in [1.54, 1.807) is 14.2 Å². The van der Waals surface area contributed by atoms with Crippen LogP contribution in [-0.4, -0.2) is 26.7 Å². The van der Waals surface area contributed by atoms with Crippen LogP contribution in [0.1, 0.15) is 38.4 Å². The fraction of sp³-hybridized carbons (Fsp3) is 0.562. The van der Waals surface area contributed by atoms with E-state index in [4.69, 9.17) is 9.47 Å². The van der Waals surface area contributed by atoms with Crippen LogP contribution in [0.25, 0.3) is 0 Å². The molecule has 20 heavy (non-hydrogen) atoms. The van der Waals surface area contributed by atoms with Crippen LogP contribution in [-0.2, 0) is 9.53 Å². The van der Waals surface area contributed by atoms with E-state index >= 15 is 0 Å². The minimum absolute atomic E-state index is 0.0742. The van der Waals surface area contributed by atoms with E-state index < -0.39 is 0 Å². The Hall–Kier alpha value is -1.55. The van der Waals surface area contributed by atoms with Gasteiger partial charge >= 0.3 is 0 Å². The summed E-state index contributed by atoms with van der Waals surface area (Å²) in [6, 6.07) is 7.70. The Morgan fingerprint density at radius 3 is 2.40 bits per heavy atom. The Balaban J connectivity index is 2.70. The van der Waals surface area contributed by atoms with Gasteiger partial charge in [-0.25, -0.2) is 0 Å². The number of para-hydroxylation sites is 1. The molecule has 1 aromatic carbocycles. The Morgan fingerprint density at radius 2 is 1.85 bits per heavy atom. The highest BCUT2D eigenvalue weighted by molar-refractivity contribution is 5.78. The summed E-state index contributed by atoms with van der Waals surface area (Å²) in [5, 5.41) is 2.97. The van der Waals surface area contributed by atoms with Gasteiger partial charge in [-0.15, -0.1) is 0 Å². The van der Waals surface area contributed by atoms with Crippen LogP contribution >= 0.6 is 0 Å². The number of nitrogens with one attached hydrogen (secondary N) is 1. The molecule has 0 saturated heterocycles. The van der Waals surface area contributed by atoms with E-state index in [1.807, 2.05) is 38.1 Å². The summed E-state index contributed by atoms with van der Waals surface area (Å²) in [5.41, 5.74) is 0.947. The van der Waals surface area contributed by atoms with Gasteiger partial charge in [0.2, 0.25) is 5.91 Å². The largest absolute Gasteiger partial charge is 0.496 e. The lowest BCUT2D eigenvalue weighted by molar-refractivity contribution is -0.125. The lowest BCUT2D eigenvalue weighted by Gasteiger charge is -2.20. The summed E-state index contributed by atoms with van der Waals surface area (Å²) in [6.45, 7) is 4.51. The molecule has 1 unspecified atom stereocenters. The Bertz CT molecular complexity index is 416. The average Bonchev–Trinajstić information content (AvgIpc) is 2.49. The van der Waals surface area contributed by atoms with Crippen molar-refractivity contribution in [3.05, 3.63) is 29.8 Å². The smallest absolute Gasteiger partial charge is 0.223 e. The third-order valence-corrected chi connectivity index (χ3v) is 3.59. The summed E-state index contributed by atoms with van der Waals surface area (Å²) in [6.07, 6.45) is 1.51. The number of rotatable bonds is 8. The molecule has 0 aromatic heterocycles. The highest BCUT2D eigenvalue weighted by atomic mass is 16.5. The van der Waals surface area contributed by atoms with E-state index in [2.05, 4.69) is 5.32 Å². The van der Waals surface area contributed by atoms with Gasteiger partial charge in [-0.2, -0.15) is 0 Å². The van der Waals surface area contributed by atoms with Crippen LogP contribution in [0.4, 0.5) is 0 Å². The predicted molar refractivity (Wildman–Crippen MR) is 79.8 cm³/mol. The number of carbonyl (C=O) groups excluding carboxylic acids is 1. The molecule has 4 heteroatoms. The molecule has 0 aliphatic carbocycles. The molecule has 0 saturated carbocycles. The number of hydrogen-bond donors (Lipinski definition) is 1. The monoisotopic (exact) mass is 279 g/mol. The van der Waals surface area contributed by atoms with Gasteiger partial charge in [0, 0.05) is 25.1 Å². The van der Waals surface area contributed by atoms with Gasteiger partial charge < -0.3 is 14.8 Å². The Labute approximate surface area is 121 Å². The van der Waals surface area contributed by atoms with Gasteiger partial charge in [0.15, 0.2) is 0 Å². The quantitative estimate of drug-likeness (QED) is 0.796. The van der Waals surface area contributed by atoms with Crippen molar-refractivity contribution >= 4 is 5.91 Å². The zero-order valence-corrected chi connectivity index (χ0v) is 12.8. The first kappa shape index (κ1) is 16.5. The van der Waals surface area contributed by atoms with E-state index in [0.717, 1.165) is 24.2 Å². The van der Waals surface area contributed by atoms with E-state index in [-0.39, 0.29) is 17.9 Å². The molecule has 0 heterocycles. The Morgan fingerprint density at radius 1 is 1.20 bits per heavy atom. The number of amides is 1. The summed E-state index contributed by atoms with van der Waals surface area (Å²) in [5.74, 6) is 0.938. The highest BCUT2D eigenvalue weighted by Crippen LogP contribution is 2.26. The molecule has 0 fully saturated rings. The Kier molecular flexibility index (Phi) is 7.09. The van der Waals surface area contributed by atoms with E-state index in [9.17, 15) is 4.79 Å². The third kappa shape index (κ3) is 4.23. The molecule has 1 rings (SSSR count). The van der Waals surface area contributed by atoms with Gasteiger partial charge in [-0.3, -0.25) is 4.79 Å². The van der Waals surface area contributed by atoms with Crippen molar-refractivity contribution in [3.8, 4) is 5.75 Å². The molecule has 1 aromatic rings. The van der Waals surface area contributed by atoms with Crippen molar-refractivity contribution < 1.29 is 14.3 Å². The van der Waals surface area contributed by atoms with E-state index in [1.165, 1.54) is 0 Å². The minimum atomic E-state index is -0.204. The average molecular weight is 279 g/mol. The second-order valence-corrected chi connectivity index (χ2v) is 4.72. The maximum Gasteiger partial charge on any atom is 0.223 e. The molecule has 0 bridgehead atoms. The van der Waals surface area contributed by atoms with Gasteiger partial charge in [0.05, 0.1) is 7.11 Å². The molecule has 1 N–H and O–H groups in total. The molecule has 1 amide bonds. The normalized spacial score (nSPS) is 12.2. The molecule has 0 aliphatic heterocycles. The molecule has 1 atom stereocenters. The first-order valence-electron chi connectivity index (χ1n) is 7.11. The summed E-state index contributed by atoms with van der Waals surface area (Å²) >= 11 is 0. The van der Waals surface area contributed by atoms with Crippen molar-refractivity contribution in [2.24, 2.45) is 5.92 Å². The molecular formula is C16H25NO3. The van der Waals surface area contributed by atoms with Crippen molar-refractivity contribution in [1.29, 1.82) is 0 Å². The summed E-state index contributed by atoms with van der Waals surface area (Å²) < 4.78 is 10.8. The first-order chi connectivity index (χ1) is 9.67. The van der Waals surface area contributed by atoms with Crippen LogP contribution in [0.15, 0.2) is 24.3 Å². The van der Waals surface area contributed by atoms with Crippen molar-refractivity contribution in [3.63, 3.8) is 0 Å². The standard InChI is InChI=1S/C16H25NO3/c1-5-12(6-2)16(18)17-11-15(20-4)13-9-7-8-10-14(13)19-3/h7-10,12,15H,5-6,11H2,1-4H3,(H,17,18). The maximum atomic E-state index is 12.0. The van der Waals surface area contributed by atoms with Gasteiger partial charge in [0.25, 0.3) is 0 Å². The minimum Gasteiger partial charge on any atom is -0.496 e. The number of ether oxygens (including phenoxy) is 2. The van der Waals surface area contributed by atoms with E-state index in [0.29, 0.717) is 6.54 Å². The second-order valence-electron chi connectivity index (χ2n) is 4.72. The first-order valence-corrected chi connectivity index (χ1v) is 7.11. The van der Waals surface area contributed by atoms with Crippen LogP contribution < -0.4 is 10.1 Å². The molecular weight excluding hydrogens is 254 g/mol. The number of methoxy groups -OCH3 is 2. The lowest BCUT2D eigenvalue weighted by atomic mass is 10.0. The van der Waals surface area contributed by atoms with Crippen molar-refractivity contribution in [2.75, 3.05) is 20.8 Å². The van der Waals surface area contributed by atoms with Gasteiger partial charge in [-0.1, -0.05) is 32.0 Å². The number of carbonyl (C=O) groups is 1. The molecule has 4 nitrogen and oxygen atoms in total. The zero-order valence-electron chi connectivity index (χ0n) is 12.8. The molecule has 0 aliphatic rings. The van der Waals surface area contributed by atoms with Crippen molar-refractivity contribution in [1.82, 2.24) is 5.32 Å². The lowest BCUT2D eigenvalue weighted by Crippen LogP contribution is -2.34. The SMILES string of the molecule is CCC(CC)C(=O)NCC(OC)c1ccccc1OC. The fourth-order valence-electron chi connectivity index (χ4n) is 2.25. The highest BCUT2D eigenvalue weighted by Gasteiger charge is 2.19. The number of hydrogen-bond acceptors (Lipinski definition) is 3. The molecule has 0 radical (unpaired) electrons. The topological polar surface area (TPSA) is 47.6 Å². The fourth-order valence-corrected chi connectivity index (χ4v) is 2.25. The van der Waals surface area contributed by atoms with Gasteiger partial charge in [-0.05, 0) is 18.9 Å². The van der Waals surface area contributed by atoms with Crippen LogP contribution in [0.3, 0.4) is 0 Å². The molecule has 0 spiro atoms. The van der Waals surface area contributed by atoms with Crippen LogP contribution in [0, 0.1) is 5.92 Å². The summed E-state index contributed by atoms with van der Waals surface area (Å²) in [4.78, 5) is 12.0. The zero-order chi connectivity index (χ0) is 15.0. The van der Waals surface area contributed by atoms with Crippen LogP contribution in [0.5, 0.6) is 5.75 Å². The van der Waals surface area contributed by atoms with Crippen LogP contribution in [0.2, 0.25) is 0 Å². The second kappa shape index (κ2) is 8.59. The predicted octanol–water partition coefficient (Wildman–Crippen LogP) is 2.94. The third-order valence-electron chi connectivity index (χ3n) is 3.59. The molecule has 112 valence electrons. The van der Waals surface area contributed by atoms with Gasteiger partial charge in [0.1, 0.15) is 11.9 Å². The maximum absolute atomic E-state index is 12.0. The van der Waals surface area contributed by atoms with Crippen molar-refractivity contribution in [2.45, 2.75) is 32.8 Å².